The van der Waals surface area contributed by atoms with Crippen LogP contribution in [0.25, 0.3) is 0 Å². The summed E-state index contributed by atoms with van der Waals surface area (Å²) in [6.07, 6.45) is 1.75. The summed E-state index contributed by atoms with van der Waals surface area (Å²) in [7, 11) is 3.40. The predicted octanol–water partition coefficient (Wildman–Crippen LogP) is 0.886. The van der Waals surface area contributed by atoms with E-state index in [0.717, 1.165) is 6.42 Å². The molecule has 3 amide bonds. The lowest BCUT2D eigenvalue weighted by atomic mass is 10.2. The second-order valence-electron chi connectivity index (χ2n) is 5.85. The van der Waals surface area contributed by atoms with E-state index < -0.39 is 0 Å². The lowest BCUT2D eigenvalue weighted by Gasteiger charge is -2.26. The smallest absolute Gasteiger partial charge is 0.251 e. The summed E-state index contributed by atoms with van der Waals surface area (Å²) in [4.78, 5) is 39.5. The molecule has 1 saturated heterocycles. The number of likely N-dealkylation sites (N-methyl/N-ethyl adjacent to an activating group) is 1. The maximum Gasteiger partial charge on any atom is 0.251 e. The zero-order valence-electron chi connectivity index (χ0n) is 13.6. The Morgan fingerprint density at radius 2 is 1.91 bits per heavy atom. The van der Waals surface area contributed by atoms with Crippen LogP contribution < -0.4 is 5.32 Å². The molecule has 0 spiro atoms. The van der Waals surface area contributed by atoms with Gasteiger partial charge in [-0.25, -0.2) is 0 Å². The van der Waals surface area contributed by atoms with Gasteiger partial charge in [0.25, 0.3) is 5.91 Å². The van der Waals surface area contributed by atoms with Gasteiger partial charge in [0.1, 0.15) is 6.04 Å². The minimum atomic E-state index is -0.359. The first kappa shape index (κ1) is 17.0. The maximum atomic E-state index is 12.3. The van der Waals surface area contributed by atoms with Crippen LogP contribution in [0.3, 0.4) is 0 Å². The van der Waals surface area contributed by atoms with Gasteiger partial charge < -0.3 is 15.1 Å². The zero-order valence-corrected chi connectivity index (χ0v) is 13.6. The molecule has 6 heteroatoms. The SMILES string of the molecule is CN(C)C(=O)C1CCCN1C(=O)CCNC(=O)c1ccccc1. The van der Waals surface area contributed by atoms with E-state index in [2.05, 4.69) is 5.32 Å². The molecule has 1 aliphatic heterocycles. The van der Waals surface area contributed by atoms with Crippen molar-refractivity contribution in [3.05, 3.63) is 35.9 Å². The van der Waals surface area contributed by atoms with Crippen LogP contribution in [-0.2, 0) is 9.59 Å². The number of rotatable bonds is 5. The molecule has 1 atom stereocenters. The first-order valence-corrected chi connectivity index (χ1v) is 7.84. The van der Waals surface area contributed by atoms with E-state index in [-0.39, 0.29) is 36.7 Å². The number of hydrogen-bond acceptors (Lipinski definition) is 3. The highest BCUT2D eigenvalue weighted by Gasteiger charge is 2.34. The molecule has 0 aliphatic carbocycles. The van der Waals surface area contributed by atoms with Crippen LogP contribution in [0.5, 0.6) is 0 Å². The summed E-state index contributed by atoms with van der Waals surface area (Å²) >= 11 is 0. The highest BCUT2D eigenvalue weighted by Crippen LogP contribution is 2.19. The van der Waals surface area contributed by atoms with E-state index in [0.29, 0.717) is 18.5 Å². The Morgan fingerprint density at radius 1 is 1.22 bits per heavy atom. The lowest BCUT2D eigenvalue weighted by Crippen LogP contribution is -2.46. The molecule has 0 bridgehead atoms. The molecule has 2 rings (SSSR count). The second-order valence-corrected chi connectivity index (χ2v) is 5.85. The van der Waals surface area contributed by atoms with E-state index in [9.17, 15) is 14.4 Å². The van der Waals surface area contributed by atoms with Crippen LogP contribution in [0, 0.1) is 0 Å². The van der Waals surface area contributed by atoms with Gasteiger partial charge in [-0.1, -0.05) is 18.2 Å². The fourth-order valence-corrected chi connectivity index (χ4v) is 2.74. The van der Waals surface area contributed by atoms with Crippen LogP contribution in [0.4, 0.5) is 0 Å². The fourth-order valence-electron chi connectivity index (χ4n) is 2.74. The minimum absolute atomic E-state index is 0.0378. The van der Waals surface area contributed by atoms with Crippen LogP contribution in [0.2, 0.25) is 0 Å². The van der Waals surface area contributed by atoms with Crippen LogP contribution in [0.15, 0.2) is 30.3 Å². The minimum Gasteiger partial charge on any atom is -0.352 e. The van der Waals surface area contributed by atoms with Crippen molar-refractivity contribution in [3.8, 4) is 0 Å². The first-order valence-electron chi connectivity index (χ1n) is 7.84. The lowest BCUT2D eigenvalue weighted by molar-refractivity contribution is -0.142. The van der Waals surface area contributed by atoms with E-state index in [4.69, 9.17) is 0 Å². The molecule has 0 saturated carbocycles. The number of nitrogens with one attached hydrogen (secondary N) is 1. The second kappa shape index (κ2) is 7.76. The fraction of sp³-hybridized carbons (Fsp3) is 0.471. The third-order valence-electron chi connectivity index (χ3n) is 3.96. The highest BCUT2D eigenvalue weighted by molar-refractivity contribution is 5.94. The normalized spacial score (nSPS) is 17.0. The molecule has 1 unspecified atom stereocenters. The van der Waals surface area contributed by atoms with Crippen molar-refractivity contribution >= 4 is 17.7 Å². The van der Waals surface area contributed by atoms with Crippen molar-refractivity contribution in [1.29, 1.82) is 0 Å². The van der Waals surface area contributed by atoms with Gasteiger partial charge in [-0.3, -0.25) is 14.4 Å². The number of hydrogen-bond donors (Lipinski definition) is 1. The van der Waals surface area contributed by atoms with Gasteiger partial charge in [-0.05, 0) is 25.0 Å². The molecule has 1 heterocycles. The quantitative estimate of drug-likeness (QED) is 0.877. The highest BCUT2D eigenvalue weighted by atomic mass is 16.2. The third-order valence-corrected chi connectivity index (χ3v) is 3.96. The van der Waals surface area contributed by atoms with Gasteiger partial charge in [0.15, 0.2) is 0 Å². The van der Waals surface area contributed by atoms with Crippen molar-refractivity contribution in [1.82, 2.24) is 15.1 Å². The van der Waals surface area contributed by atoms with Gasteiger partial charge in [-0.15, -0.1) is 0 Å². The molecule has 1 N–H and O–H groups in total. The molecule has 0 aromatic heterocycles. The summed E-state index contributed by atoms with van der Waals surface area (Å²) in [5.74, 6) is -0.319. The maximum absolute atomic E-state index is 12.3. The van der Waals surface area contributed by atoms with Crippen molar-refractivity contribution < 1.29 is 14.4 Å². The van der Waals surface area contributed by atoms with Gasteiger partial charge >= 0.3 is 0 Å². The number of benzene rings is 1. The molecule has 6 nitrogen and oxygen atoms in total. The Labute approximate surface area is 136 Å². The summed E-state index contributed by atoms with van der Waals surface area (Å²) < 4.78 is 0. The molecule has 1 aromatic carbocycles. The molecule has 1 aromatic rings. The monoisotopic (exact) mass is 317 g/mol. The molecular weight excluding hydrogens is 294 g/mol. The molecular formula is C17H23N3O3. The van der Waals surface area contributed by atoms with Gasteiger partial charge in [-0.2, -0.15) is 0 Å². The Balaban J connectivity index is 1.82. The number of carbonyl (C=O) groups excluding carboxylic acids is 3. The standard InChI is InChI=1S/C17H23N3O3/c1-19(2)17(23)14-9-6-12-20(14)15(21)10-11-18-16(22)13-7-4-3-5-8-13/h3-5,7-8,14H,6,9-12H2,1-2H3,(H,18,22). The van der Waals surface area contributed by atoms with Crippen molar-refractivity contribution in [3.63, 3.8) is 0 Å². The van der Waals surface area contributed by atoms with Gasteiger partial charge in [0.2, 0.25) is 11.8 Å². The Bertz CT molecular complexity index is 572. The zero-order chi connectivity index (χ0) is 16.8. The van der Waals surface area contributed by atoms with Crippen LogP contribution in [-0.4, -0.2) is 60.7 Å². The van der Waals surface area contributed by atoms with Crippen LogP contribution >= 0.6 is 0 Å². The van der Waals surface area contributed by atoms with E-state index >= 15 is 0 Å². The van der Waals surface area contributed by atoms with E-state index in [1.807, 2.05) is 6.07 Å². The van der Waals surface area contributed by atoms with Gasteiger partial charge in [0, 0.05) is 39.2 Å². The number of nitrogens with zero attached hydrogens (tertiary/aromatic N) is 2. The number of carbonyl (C=O) groups is 3. The molecule has 1 fully saturated rings. The third kappa shape index (κ3) is 4.31. The molecule has 23 heavy (non-hydrogen) atoms. The van der Waals surface area contributed by atoms with Crippen LogP contribution in [0.1, 0.15) is 29.6 Å². The topological polar surface area (TPSA) is 69.7 Å². The first-order chi connectivity index (χ1) is 11.0. The van der Waals surface area contributed by atoms with Crippen molar-refractivity contribution in [2.24, 2.45) is 0 Å². The number of amides is 3. The summed E-state index contributed by atoms with van der Waals surface area (Å²) in [5, 5.41) is 2.74. The largest absolute Gasteiger partial charge is 0.352 e. The Hall–Kier alpha value is -2.37. The van der Waals surface area contributed by atoms with Gasteiger partial charge in [0.05, 0.1) is 0 Å². The number of likely N-dealkylation sites (tertiary alicyclic amines) is 1. The molecule has 0 radical (unpaired) electrons. The molecule has 124 valence electrons. The average molecular weight is 317 g/mol. The Morgan fingerprint density at radius 3 is 2.57 bits per heavy atom. The van der Waals surface area contributed by atoms with Crippen molar-refractivity contribution in [2.75, 3.05) is 27.2 Å². The van der Waals surface area contributed by atoms with Crippen molar-refractivity contribution in [2.45, 2.75) is 25.3 Å². The summed E-state index contributed by atoms with van der Waals surface area (Å²) in [5.41, 5.74) is 0.571. The summed E-state index contributed by atoms with van der Waals surface area (Å²) in [6, 6.07) is 8.52. The van der Waals surface area contributed by atoms with E-state index in [1.54, 1.807) is 43.3 Å². The molecule has 1 aliphatic rings. The summed E-state index contributed by atoms with van der Waals surface area (Å²) in [6.45, 7) is 0.877. The average Bonchev–Trinajstić information content (AvgIpc) is 3.04. The predicted molar refractivity (Wildman–Crippen MR) is 86.8 cm³/mol. The van der Waals surface area contributed by atoms with E-state index in [1.165, 1.54) is 4.90 Å². The Kier molecular flexibility index (Phi) is 5.73.